The molecule has 6 saturated carbocycles. The van der Waals surface area contributed by atoms with Crippen LogP contribution in [-0.2, 0) is 14.2 Å². The van der Waals surface area contributed by atoms with E-state index in [0.717, 1.165) is 18.2 Å². The minimum absolute atomic E-state index is 0.0121. The summed E-state index contributed by atoms with van der Waals surface area (Å²) in [5.74, 6) is -9.63. The second kappa shape index (κ2) is 35.1. The monoisotopic (exact) mass is 1590 g/mol. The average Bonchev–Trinajstić information content (AvgIpc) is 1.42. The van der Waals surface area contributed by atoms with Gasteiger partial charge in [-0.1, -0.05) is 108 Å². The third-order valence-electron chi connectivity index (χ3n) is 15.8. The van der Waals surface area contributed by atoms with E-state index in [4.69, 9.17) is 60.2 Å². The molecule has 36 heteroatoms. The third-order valence-corrected chi connectivity index (χ3v) is 18.1. The van der Waals surface area contributed by atoms with Crippen LogP contribution < -0.4 is 16.0 Å². The summed E-state index contributed by atoms with van der Waals surface area (Å²) in [7, 11) is 0. The van der Waals surface area contributed by atoms with Gasteiger partial charge in [-0.15, -0.1) is 15.3 Å². The number of nitrogens with one attached hydrogen (secondary N) is 3. The fourth-order valence-corrected chi connectivity index (χ4v) is 11.9. The predicted molar refractivity (Wildman–Crippen MR) is 398 cm³/mol. The Bertz CT molecular complexity index is 6580. The fraction of sp³-hybridized carbons (Fsp3) is 0.583. The van der Waals surface area contributed by atoms with Gasteiger partial charge in [0, 0.05) is 101 Å². The first-order valence-electron chi connectivity index (χ1n) is 51.0. The molecule has 15 rings (SSSR count). The van der Waals surface area contributed by atoms with E-state index in [2.05, 4.69) is 81.5 Å². The number of hydrogen-bond donors (Lipinski definition) is 12. The lowest BCUT2D eigenvalue weighted by Crippen LogP contribution is -2.33. The summed E-state index contributed by atoms with van der Waals surface area (Å²) in [6.45, 7) is -2.35. The average molecular weight is 1590 g/mol. The number of halogens is 3. The van der Waals surface area contributed by atoms with Crippen molar-refractivity contribution in [3.05, 3.63) is 105 Å². The van der Waals surface area contributed by atoms with Crippen LogP contribution in [0.4, 0.5) is 30.6 Å². The second-order valence-corrected chi connectivity index (χ2v) is 25.7. The Balaban J connectivity index is 0.000000182. The summed E-state index contributed by atoms with van der Waals surface area (Å²) in [6, 6.07) is -4.38. The molecule has 0 aliphatic heterocycles. The maximum absolute atomic E-state index is 14.5. The number of anilines is 3. The number of fused-ring (bicyclic) bond motifs is 3. The molecule has 6 heterocycles. The number of thioether (sulfide) groups is 3. The number of hydrogen-bond acceptors (Lipinski definition) is 30. The molecule has 6 aliphatic rings. The molecule has 6 aromatic heterocycles. The highest BCUT2D eigenvalue weighted by molar-refractivity contribution is 7.99. The molecule has 18 atom stereocenters. The van der Waals surface area contributed by atoms with Crippen molar-refractivity contribution in [3.8, 4) is 0 Å². The standard InChI is InChI=1S/3C24H31FN6O4S/c3*1-3-8-36-24-27-22(26-16-10-14(16)13-5-4-12(2)15(25)9-13)19-23(28-24)31(30-29-19)17-11-18(35-7-6-32)21(34)20(17)33/h3*4-5,9,14,16-18,20-21,32-34H,3,6-8,10-11H2,1-2H3,(H,26,27,28)/t3*14-,16+,17+,18-,20-,21+/m000/s1/i7D2,8D2,10D2,11D2,14D,17D,18D,20D,21D;6D2,8D2,10D2,11D2,14D,17D,18D,20D,21D;8D2,10D2,11D2,14D,17D,18D,20D,21D. The van der Waals surface area contributed by atoms with Crippen molar-refractivity contribution in [2.75, 3.05) is 72.6 Å². The molecule has 30 nitrogen and oxygen atoms in total. The normalized spacial score (nSPS) is 46.3. The zero-order chi connectivity index (χ0) is 110. The first-order chi connectivity index (χ1) is 65.6. The lowest BCUT2D eigenvalue weighted by Gasteiger charge is -2.17. The van der Waals surface area contributed by atoms with Crippen LogP contribution in [0.3, 0.4) is 0 Å². The maximum Gasteiger partial charge on any atom is 0.191 e. The van der Waals surface area contributed by atoms with Crippen LogP contribution in [0.1, 0.15) is 198 Å². The van der Waals surface area contributed by atoms with Crippen LogP contribution >= 0.6 is 35.3 Å². The quantitative estimate of drug-likeness (QED) is 0.0168. The number of nitrogens with zero attached hydrogens (tertiary/aromatic N) is 15. The Hall–Kier alpha value is -7.14. The molecule has 9 aromatic rings. The molecule has 6 fully saturated rings. The third kappa shape index (κ3) is 17.5. The number of aliphatic hydroxyl groups excluding tert-OH is 2. The highest BCUT2D eigenvalue weighted by atomic mass is 32.2. The molecular weight excluding hydrogens is 1460 g/mol. The van der Waals surface area contributed by atoms with Crippen LogP contribution in [-0.4, -0.2) is 250 Å². The first kappa shape index (κ1) is 44.8. The summed E-state index contributed by atoms with van der Waals surface area (Å²) >= 11 is 1.28. The van der Waals surface area contributed by atoms with Gasteiger partial charge in [-0.3, -0.25) is 0 Å². The van der Waals surface area contributed by atoms with Crippen LogP contribution in [0, 0.1) is 38.2 Å². The Labute approximate surface area is 685 Å². The highest BCUT2D eigenvalue weighted by Crippen LogP contribution is 2.48. The van der Waals surface area contributed by atoms with Gasteiger partial charge in [-0.05, 0) is 111 Å². The van der Waals surface area contributed by atoms with Crippen molar-refractivity contribution in [1.29, 1.82) is 0 Å². The van der Waals surface area contributed by atoms with Gasteiger partial charge in [0.1, 0.15) is 53.9 Å². The van der Waals surface area contributed by atoms with Crippen molar-refractivity contribution < 1.29 is 124 Å². The summed E-state index contributed by atoms with van der Waals surface area (Å²) in [5, 5.41) is 124. The number of aryl methyl sites for hydroxylation is 3. The van der Waals surface area contributed by atoms with Gasteiger partial charge in [-0.25, -0.2) is 57.1 Å². The van der Waals surface area contributed by atoms with Crippen molar-refractivity contribution in [2.45, 2.75) is 223 Å². The predicted octanol–water partition coefficient (Wildman–Crippen LogP) is 6.55. The zero-order valence-electron chi connectivity index (χ0n) is 94.2. The Morgan fingerprint density at radius 3 is 1.08 bits per heavy atom. The molecule has 0 spiro atoms. The summed E-state index contributed by atoms with van der Waals surface area (Å²) < 4.78 is 371. The molecule has 582 valence electrons. The van der Waals surface area contributed by atoms with Crippen molar-refractivity contribution in [3.63, 3.8) is 0 Å². The van der Waals surface area contributed by atoms with E-state index in [1.54, 1.807) is 0 Å². The Morgan fingerprint density at radius 2 is 0.787 bits per heavy atom. The highest BCUT2D eigenvalue weighted by Gasteiger charge is 2.49. The van der Waals surface area contributed by atoms with Gasteiger partial charge in [0.05, 0.1) is 97.8 Å². The zero-order valence-corrected chi connectivity index (χ0v) is 59.6. The van der Waals surface area contributed by atoms with E-state index in [1.165, 1.54) is 77.9 Å². The SMILES string of the molecule is [2H]C([2H])(CC)Sc1nc(N[C@@H]2C([2H])([2H])[C@@]2([2H])c2ccc(C)c(F)c2)c2nnn([C@]3([2H])C([2H])([2H])[C@]([2H])(OCCO)[C@@]([2H])(O)[C@@]3([2H])O)c2n1.[2H]C([2H])(CO)O[C@@]1([2H])C([2H])([2H])[C@@]([2H])(n2nnc3c(N[C@@H]4C([2H])([2H])[C@@]4([2H])c4ccc(C)c(F)c4)nc(SC([2H])([2H])CC)nc32)[C@]([2H])(O)[C@]1([2H])O.[2H]C([2H])(O)CO[C@@]1([2H])C([2H])([2H])[C@@]([2H])(n2nnc3c(N[C@@H]4C([2H])([2H])[C@@]4([2H])c4ccc(C)c(F)c4)nc(SC([2H])([2H])CC)nc32)[C@]([2H])(O)[C@]1([2H])O. The van der Waals surface area contributed by atoms with Gasteiger partial charge < -0.3 is 76.1 Å². The van der Waals surface area contributed by atoms with Crippen LogP contribution in [0.15, 0.2) is 70.1 Å². The summed E-state index contributed by atoms with van der Waals surface area (Å²) in [6.07, 6.45) is -54.8. The van der Waals surface area contributed by atoms with Crippen LogP contribution in [0.5, 0.6) is 0 Å². The van der Waals surface area contributed by atoms with Crippen LogP contribution in [0.25, 0.3) is 33.5 Å². The first-order valence-corrected chi connectivity index (χ1v) is 34.9. The van der Waals surface area contributed by atoms with E-state index in [-0.39, 0.29) is 66.7 Å². The smallest absolute Gasteiger partial charge is 0.191 e. The fourth-order valence-electron chi connectivity index (χ4n) is 10.2. The minimum Gasteiger partial charge on any atom is -0.394 e. The lowest BCUT2D eigenvalue weighted by atomic mass is 10.1. The maximum atomic E-state index is 14.5. The Morgan fingerprint density at radius 1 is 0.463 bits per heavy atom. The number of benzene rings is 3. The molecule has 0 unspecified atom stereocenters. The van der Waals surface area contributed by atoms with E-state index in [9.17, 15) is 59.1 Å². The van der Waals surface area contributed by atoms with E-state index < -0.39 is 287 Å². The van der Waals surface area contributed by atoms with Gasteiger partial charge in [0.2, 0.25) is 0 Å². The second-order valence-electron chi connectivity index (χ2n) is 23.1. The molecule has 0 saturated heterocycles. The number of aromatic nitrogens is 15. The summed E-state index contributed by atoms with van der Waals surface area (Å²) in [4.78, 5) is 25.0. The molecule has 108 heavy (non-hydrogen) atoms. The molecule has 6 aliphatic carbocycles. The van der Waals surface area contributed by atoms with Gasteiger partial charge >= 0.3 is 0 Å². The van der Waals surface area contributed by atoms with Crippen molar-refractivity contribution >= 4 is 86.2 Å². The molecule has 12 N–H and O–H groups in total. The molecule has 0 radical (unpaired) electrons. The van der Waals surface area contributed by atoms with E-state index in [0.29, 0.717) is 35.3 Å². The molecule has 3 aromatic carbocycles. The van der Waals surface area contributed by atoms with Crippen LogP contribution in [0.2, 0.25) is 0 Å². The van der Waals surface area contributed by atoms with Gasteiger partial charge in [0.15, 0.2) is 66.4 Å². The molecular formula is C72H93F3N18O12S3. The van der Waals surface area contributed by atoms with Gasteiger partial charge in [-0.2, -0.15) is 0 Å². The largest absolute Gasteiger partial charge is 0.394 e. The van der Waals surface area contributed by atoms with Crippen molar-refractivity contribution in [2.24, 2.45) is 0 Å². The van der Waals surface area contributed by atoms with Gasteiger partial charge in [0.25, 0.3) is 0 Å². The van der Waals surface area contributed by atoms with Crippen molar-refractivity contribution in [1.82, 2.24) is 74.9 Å². The summed E-state index contributed by atoms with van der Waals surface area (Å²) in [5.41, 5.74) is -9.11. The topological polar surface area (TPSA) is 415 Å². The number of rotatable bonds is 30. The minimum atomic E-state index is -4.18. The van der Waals surface area contributed by atoms with E-state index in [1.807, 2.05) is 0 Å². The molecule has 0 amide bonds. The lowest BCUT2D eigenvalue weighted by molar-refractivity contribution is -0.0629. The number of aliphatic hydroxyl groups is 9. The number of ether oxygens (including phenoxy) is 3. The van der Waals surface area contributed by atoms with E-state index >= 15 is 0 Å². The Kier molecular flexibility index (Phi) is 14.5. The molecule has 0 bridgehead atoms.